The summed E-state index contributed by atoms with van der Waals surface area (Å²) in [6, 6.07) is 3.69. The smallest absolute Gasteiger partial charge is 0.320 e. The molecule has 0 fully saturated rings. The van der Waals surface area contributed by atoms with Gasteiger partial charge in [-0.1, -0.05) is 6.07 Å². The fourth-order valence-electron chi connectivity index (χ4n) is 1.45. The third-order valence-electron chi connectivity index (χ3n) is 2.33. The average molecular weight is 275 g/mol. The molecule has 1 aromatic rings. The molecule has 2 N–H and O–H groups in total. The van der Waals surface area contributed by atoms with E-state index in [-0.39, 0.29) is 12.3 Å². The van der Waals surface area contributed by atoms with E-state index < -0.39 is 27.4 Å². The zero-order chi connectivity index (χ0) is 13.8. The number of ether oxygens (including phenoxy) is 1. The number of hydrogen-bond acceptors (Lipinski definition) is 5. The molecule has 18 heavy (non-hydrogen) atoms. The number of hydrogen-bond donors (Lipinski definition) is 1. The van der Waals surface area contributed by atoms with Gasteiger partial charge in [0, 0.05) is 6.54 Å². The largest absolute Gasteiger partial charge is 0.468 e. The van der Waals surface area contributed by atoms with Gasteiger partial charge in [-0.25, -0.2) is 12.8 Å². The van der Waals surface area contributed by atoms with E-state index in [0.717, 1.165) is 13.2 Å². The molecule has 0 aliphatic heterocycles. The monoisotopic (exact) mass is 275 g/mol. The van der Waals surface area contributed by atoms with Gasteiger partial charge < -0.3 is 10.5 Å². The minimum absolute atomic E-state index is 0.0286. The van der Waals surface area contributed by atoms with Crippen LogP contribution in [-0.2, 0) is 31.7 Å². The van der Waals surface area contributed by atoms with Gasteiger partial charge in [0.05, 0.1) is 12.9 Å². The van der Waals surface area contributed by atoms with Crippen LogP contribution in [0.1, 0.15) is 11.1 Å². The Morgan fingerprint density at radius 3 is 2.61 bits per heavy atom. The summed E-state index contributed by atoms with van der Waals surface area (Å²) in [5.74, 6) is -2.38. The van der Waals surface area contributed by atoms with Gasteiger partial charge in [-0.2, -0.15) is 0 Å². The highest BCUT2D eigenvalue weighted by Gasteiger charge is 2.19. The molecule has 0 saturated carbocycles. The second-order valence-corrected chi connectivity index (χ2v) is 5.79. The molecule has 100 valence electrons. The van der Waals surface area contributed by atoms with Crippen molar-refractivity contribution in [2.75, 3.05) is 12.9 Å². The molecule has 0 heterocycles. The summed E-state index contributed by atoms with van der Waals surface area (Å²) < 4.78 is 40.6. The Hall–Kier alpha value is -1.47. The molecule has 1 aromatic carbocycles. The normalized spacial score (nSPS) is 11.3. The van der Waals surface area contributed by atoms with Crippen LogP contribution in [0, 0.1) is 5.82 Å². The van der Waals surface area contributed by atoms with Crippen LogP contribution in [0.5, 0.6) is 0 Å². The van der Waals surface area contributed by atoms with E-state index >= 15 is 0 Å². The first-order chi connectivity index (χ1) is 8.38. The van der Waals surface area contributed by atoms with Crippen LogP contribution in [0.25, 0.3) is 0 Å². The molecule has 0 radical (unpaired) electrons. The molecule has 0 amide bonds. The molecular weight excluding hydrogens is 261 g/mol. The van der Waals surface area contributed by atoms with Gasteiger partial charge in [-0.3, -0.25) is 4.79 Å². The standard InChI is InChI=1S/C11H14FNO4S/c1-17-11(14)7-18(15,16)6-8-2-3-10(12)4-9(8)5-13/h2-4H,5-7,13H2,1H3. The number of carbonyl (C=O) groups excluding carboxylic acids is 1. The fourth-order valence-corrected chi connectivity index (χ4v) is 2.79. The highest BCUT2D eigenvalue weighted by Crippen LogP contribution is 2.14. The molecule has 0 aliphatic rings. The first-order valence-corrected chi connectivity index (χ1v) is 6.94. The fraction of sp³-hybridized carbons (Fsp3) is 0.364. The van der Waals surface area contributed by atoms with Crippen LogP contribution >= 0.6 is 0 Å². The lowest BCUT2D eigenvalue weighted by Gasteiger charge is -2.08. The molecular formula is C11H14FNO4S. The number of carbonyl (C=O) groups is 1. The van der Waals surface area contributed by atoms with Gasteiger partial charge >= 0.3 is 5.97 Å². The Kier molecular flexibility index (Phi) is 4.80. The van der Waals surface area contributed by atoms with Crippen LogP contribution in [0.15, 0.2) is 18.2 Å². The van der Waals surface area contributed by atoms with Crippen molar-refractivity contribution in [3.05, 3.63) is 35.1 Å². The Labute approximate surface area is 105 Å². The summed E-state index contributed by atoms with van der Waals surface area (Å²) in [6.45, 7) is 0.0286. The summed E-state index contributed by atoms with van der Waals surface area (Å²) >= 11 is 0. The lowest BCUT2D eigenvalue weighted by Crippen LogP contribution is -2.19. The lowest BCUT2D eigenvalue weighted by molar-refractivity contribution is -0.137. The van der Waals surface area contributed by atoms with Crippen LogP contribution < -0.4 is 5.73 Å². The van der Waals surface area contributed by atoms with Crippen molar-refractivity contribution < 1.29 is 22.3 Å². The van der Waals surface area contributed by atoms with Crippen molar-refractivity contribution in [2.24, 2.45) is 5.73 Å². The van der Waals surface area contributed by atoms with Crippen LogP contribution in [0.2, 0.25) is 0 Å². The third kappa shape index (κ3) is 4.08. The average Bonchev–Trinajstić information content (AvgIpc) is 2.30. The first kappa shape index (κ1) is 14.6. The zero-order valence-electron chi connectivity index (χ0n) is 9.85. The number of nitrogens with two attached hydrogens (primary N) is 1. The summed E-state index contributed by atoms with van der Waals surface area (Å²) in [4.78, 5) is 10.9. The number of benzene rings is 1. The summed E-state index contributed by atoms with van der Waals surface area (Å²) in [6.07, 6.45) is 0. The Bertz CT molecular complexity index is 542. The second-order valence-electron chi connectivity index (χ2n) is 3.73. The van der Waals surface area contributed by atoms with Crippen molar-refractivity contribution in [1.82, 2.24) is 0 Å². The van der Waals surface area contributed by atoms with Crippen molar-refractivity contribution in [3.8, 4) is 0 Å². The maximum atomic E-state index is 13.0. The van der Waals surface area contributed by atoms with Gasteiger partial charge in [0.25, 0.3) is 0 Å². The topological polar surface area (TPSA) is 86.5 Å². The van der Waals surface area contributed by atoms with E-state index in [1.807, 2.05) is 0 Å². The maximum absolute atomic E-state index is 13.0. The number of halogens is 1. The van der Waals surface area contributed by atoms with Gasteiger partial charge in [0.15, 0.2) is 9.84 Å². The predicted octanol–water partition coefficient (Wildman–Crippen LogP) is 0.372. The second kappa shape index (κ2) is 5.92. The highest BCUT2D eigenvalue weighted by molar-refractivity contribution is 7.91. The maximum Gasteiger partial charge on any atom is 0.320 e. The van der Waals surface area contributed by atoms with E-state index in [1.54, 1.807) is 0 Å². The molecule has 1 rings (SSSR count). The number of sulfone groups is 1. The third-order valence-corrected chi connectivity index (χ3v) is 3.76. The Morgan fingerprint density at radius 1 is 1.39 bits per heavy atom. The minimum atomic E-state index is -3.64. The number of esters is 1. The Morgan fingerprint density at radius 2 is 2.06 bits per heavy atom. The van der Waals surface area contributed by atoms with Crippen LogP contribution in [-0.4, -0.2) is 27.2 Å². The SMILES string of the molecule is COC(=O)CS(=O)(=O)Cc1ccc(F)cc1CN. The van der Waals surface area contributed by atoms with Gasteiger partial charge in [0.1, 0.15) is 11.6 Å². The summed E-state index contributed by atoms with van der Waals surface area (Å²) in [5.41, 5.74) is 6.21. The van der Waals surface area contributed by atoms with Gasteiger partial charge in [-0.15, -0.1) is 0 Å². The summed E-state index contributed by atoms with van der Waals surface area (Å²) in [5, 5.41) is 0. The molecule has 0 bridgehead atoms. The highest BCUT2D eigenvalue weighted by atomic mass is 32.2. The zero-order valence-corrected chi connectivity index (χ0v) is 10.7. The Balaban J connectivity index is 2.94. The molecule has 0 unspecified atom stereocenters. The van der Waals surface area contributed by atoms with E-state index in [9.17, 15) is 17.6 Å². The number of methoxy groups -OCH3 is 1. The summed E-state index contributed by atoms with van der Waals surface area (Å²) in [7, 11) is -2.53. The van der Waals surface area contributed by atoms with Crippen molar-refractivity contribution in [3.63, 3.8) is 0 Å². The van der Waals surface area contributed by atoms with Crippen LogP contribution in [0.3, 0.4) is 0 Å². The van der Waals surface area contributed by atoms with E-state index in [0.29, 0.717) is 11.1 Å². The quantitative estimate of drug-likeness (QED) is 0.785. The molecule has 5 nitrogen and oxygen atoms in total. The first-order valence-electron chi connectivity index (χ1n) is 5.12. The minimum Gasteiger partial charge on any atom is -0.468 e. The molecule has 7 heteroatoms. The van der Waals surface area contributed by atoms with E-state index in [1.165, 1.54) is 12.1 Å². The lowest BCUT2D eigenvalue weighted by atomic mass is 10.1. The molecule has 0 saturated heterocycles. The molecule has 0 aliphatic carbocycles. The van der Waals surface area contributed by atoms with Gasteiger partial charge in [0.2, 0.25) is 0 Å². The van der Waals surface area contributed by atoms with Crippen molar-refractivity contribution in [2.45, 2.75) is 12.3 Å². The van der Waals surface area contributed by atoms with E-state index in [2.05, 4.69) is 4.74 Å². The van der Waals surface area contributed by atoms with Crippen LogP contribution in [0.4, 0.5) is 4.39 Å². The van der Waals surface area contributed by atoms with Gasteiger partial charge in [-0.05, 0) is 23.3 Å². The van der Waals surface area contributed by atoms with Crippen molar-refractivity contribution >= 4 is 15.8 Å². The van der Waals surface area contributed by atoms with Crippen molar-refractivity contribution in [1.29, 1.82) is 0 Å². The molecule has 0 atom stereocenters. The molecule has 0 aromatic heterocycles. The number of rotatable bonds is 5. The van der Waals surface area contributed by atoms with E-state index in [4.69, 9.17) is 5.73 Å². The molecule has 0 spiro atoms. The predicted molar refractivity (Wildman–Crippen MR) is 63.8 cm³/mol.